The molecule has 0 saturated carbocycles. The number of H-pyrrole nitrogens is 1. The second-order valence-electron chi connectivity index (χ2n) is 6.19. The number of amides is 1. The Labute approximate surface area is 176 Å². The Hall–Kier alpha value is -3.09. The zero-order valence-corrected chi connectivity index (χ0v) is 17.4. The summed E-state index contributed by atoms with van der Waals surface area (Å²) in [7, 11) is -3.98. The molecule has 0 aliphatic heterocycles. The largest absolute Gasteiger partial charge is 0.451 e. The Bertz CT molecular complexity index is 1180. The Morgan fingerprint density at radius 2 is 1.83 bits per heavy atom. The summed E-state index contributed by atoms with van der Waals surface area (Å²) in [5.74, 6) is -1.42. The van der Waals surface area contributed by atoms with Crippen molar-refractivity contribution in [3.63, 3.8) is 0 Å². The van der Waals surface area contributed by atoms with Crippen LogP contribution in [0, 0.1) is 0 Å². The molecule has 13 heteroatoms. The molecule has 158 valence electrons. The first-order valence-corrected chi connectivity index (χ1v) is 10.5. The average molecular weight is 453 g/mol. The highest BCUT2D eigenvalue weighted by molar-refractivity contribution is 7.89. The quantitative estimate of drug-likeness (QED) is 0.452. The van der Waals surface area contributed by atoms with Crippen LogP contribution in [0.15, 0.2) is 41.8 Å². The molecule has 2 aromatic heterocycles. The van der Waals surface area contributed by atoms with Gasteiger partial charge in [0.15, 0.2) is 17.6 Å². The van der Waals surface area contributed by atoms with Crippen molar-refractivity contribution in [3.8, 4) is 0 Å². The van der Waals surface area contributed by atoms with E-state index in [1.165, 1.54) is 50.8 Å². The summed E-state index contributed by atoms with van der Waals surface area (Å²) in [6.07, 6.45) is 1.41. The molecule has 3 N–H and O–H groups in total. The lowest BCUT2D eigenvalue weighted by molar-refractivity contribution is -0.154. The van der Waals surface area contributed by atoms with E-state index in [1.807, 2.05) is 0 Å². The summed E-state index contributed by atoms with van der Waals surface area (Å²) in [4.78, 5) is 39.1. The third-order valence-corrected chi connectivity index (χ3v) is 5.74. The lowest BCUT2D eigenvalue weighted by atomic mass is 10.3. The molecule has 3 rings (SSSR count). The van der Waals surface area contributed by atoms with Crippen molar-refractivity contribution in [1.82, 2.24) is 24.7 Å². The highest BCUT2D eigenvalue weighted by atomic mass is 35.5. The van der Waals surface area contributed by atoms with Crippen LogP contribution in [0.2, 0.25) is 5.02 Å². The molecule has 0 aliphatic rings. The summed E-state index contributed by atoms with van der Waals surface area (Å²) in [5, 5.41) is 2.88. The van der Waals surface area contributed by atoms with E-state index in [2.05, 4.69) is 30.0 Å². The number of nitrogens with one attached hydrogen (secondary N) is 3. The van der Waals surface area contributed by atoms with E-state index in [0.717, 1.165) is 0 Å². The second-order valence-corrected chi connectivity index (χ2v) is 8.34. The molecule has 1 unspecified atom stereocenters. The first-order chi connectivity index (χ1) is 14.2. The van der Waals surface area contributed by atoms with Crippen molar-refractivity contribution in [2.75, 3.05) is 5.32 Å². The number of fused-ring (bicyclic) bond motifs is 1. The molecule has 1 amide bonds. The van der Waals surface area contributed by atoms with Gasteiger partial charge in [-0.15, -0.1) is 0 Å². The Morgan fingerprint density at radius 3 is 2.53 bits per heavy atom. The maximum atomic E-state index is 12.4. The van der Waals surface area contributed by atoms with Gasteiger partial charge in [-0.05, 0) is 38.1 Å². The first-order valence-electron chi connectivity index (χ1n) is 8.60. The number of ether oxygens (including phenoxy) is 1. The number of imidazole rings is 1. The van der Waals surface area contributed by atoms with Gasteiger partial charge in [0, 0.05) is 5.02 Å². The zero-order chi connectivity index (χ0) is 21.9. The van der Waals surface area contributed by atoms with Crippen LogP contribution in [-0.4, -0.2) is 52.4 Å². The number of carbonyl (C=O) groups is 2. The van der Waals surface area contributed by atoms with E-state index in [9.17, 15) is 18.0 Å². The molecule has 0 fully saturated rings. The number of sulfonamides is 1. The monoisotopic (exact) mass is 452 g/mol. The summed E-state index contributed by atoms with van der Waals surface area (Å²) in [6, 6.07) is 4.19. The maximum Gasteiger partial charge on any atom is 0.324 e. The predicted molar refractivity (Wildman–Crippen MR) is 107 cm³/mol. The van der Waals surface area contributed by atoms with Crippen LogP contribution in [0.25, 0.3) is 11.2 Å². The summed E-state index contributed by atoms with van der Waals surface area (Å²) >= 11 is 5.75. The number of nitrogens with zero attached hydrogens (tertiary/aromatic N) is 3. The zero-order valence-electron chi connectivity index (χ0n) is 15.8. The van der Waals surface area contributed by atoms with Crippen LogP contribution in [-0.2, 0) is 24.3 Å². The molecule has 2 atom stereocenters. The van der Waals surface area contributed by atoms with Crippen LogP contribution in [0.1, 0.15) is 13.8 Å². The fourth-order valence-corrected chi connectivity index (χ4v) is 3.69. The third-order valence-electron chi connectivity index (χ3n) is 3.94. The summed E-state index contributed by atoms with van der Waals surface area (Å²) in [5.41, 5.74) is 0.767. The topological polar surface area (TPSA) is 156 Å². The first kappa shape index (κ1) is 21.6. The summed E-state index contributed by atoms with van der Waals surface area (Å²) in [6.45, 7) is 2.65. The van der Waals surface area contributed by atoms with Crippen molar-refractivity contribution >= 4 is 50.5 Å². The highest BCUT2D eigenvalue weighted by Crippen LogP contribution is 2.16. The van der Waals surface area contributed by atoms with E-state index in [4.69, 9.17) is 16.3 Å². The normalized spacial score (nSPS) is 13.6. The lowest BCUT2D eigenvalue weighted by Gasteiger charge is -2.17. The maximum absolute atomic E-state index is 12.4. The van der Waals surface area contributed by atoms with Crippen LogP contribution >= 0.6 is 11.6 Å². The number of rotatable bonds is 7. The fourth-order valence-electron chi connectivity index (χ4n) is 2.37. The lowest BCUT2D eigenvalue weighted by Crippen LogP contribution is -2.42. The van der Waals surface area contributed by atoms with E-state index >= 15 is 0 Å². The van der Waals surface area contributed by atoms with Crippen molar-refractivity contribution in [2.45, 2.75) is 30.9 Å². The molecular weight excluding hydrogens is 436 g/mol. The van der Waals surface area contributed by atoms with Gasteiger partial charge in [-0.3, -0.25) is 9.59 Å². The van der Waals surface area contributed by atoms with Crippen molar-refractivity contribution in [1.29, 1.82) is 0 Å². The van der Waals surface area contributed by atoms with Gasteiger partial charge in [0.25, 0.3) is 5.91 Å². The van der Waals surface area contributed by atoms with Gasteiger partial charge in [0.2, 0.25) is 10.0 Å². The van der Waals surface area contributed by atoms with Gasteiger partial charge in [-0.1, -0.05) is 11.6 Å². The Kier molecular flexibility index (Phi) is 6.29. The standard InChI is InChI=1S/C17H17ClN6O5S/c1-9(24-30(27,28)12-5-3-11(18)4-6-12)17(26)29-10(2)16(25)23-15-13-14(20-7-19-13)21-8-22-15/h3-10,24H,1-2H3,(H2,19,20,21,22,23,25)/t9-,10?/m0/s1. The molecule has 3 aromatic rings. The van der Waals surface area contributed by atoms with E-state index in [1.54, 1.807) is 0 Å². The number of aromatic nitrogens is 4. The molecule has 2 heterocycles. The van der Waals surface area contributed by atoms with E-state index in [-0.39, 0.29) is 10.7 Å². The van der Waals surface area contributed by atoms with Crippen molar-refractivity contribution < 1.29 is 22.7 Å². The van der Waals surface area contributed by atoms with Gasteiger partial charge in [-0.25, -0.2) is 23.4 Å². The van der Waals surface area contributed by atoms with Gasteiger partial charge in [-0.2, -0.15) is 4.72 Å². The van der Waals surface area contributed by atoms with Crippen LogP contribution in [0.3, 0.4) is 0 Å². The number of hydrogen-bond acceptors (Lipinski definition) is 8. The number of benzene rings is 1. The van der Waals surface area contributed by atoms with Gasteiger partial charge < -0.3 is 15.0 Å². The van der Waals surface area contributed by atoms with Gasteiger partial charge in [0.1, 0.15) is 17.9 Å². The van der Waals surface area contributed by atoms with Crippen LogP contribution in [0.5, 0.6) is 0 Å². The van der Waals surface area contributed by atoms with Crippen molar-refractivity contribution in [3.05, 3.63) is 41.9 Å². The summed E-state index contributed by atoms with van der Waals surface area (Å²) < 4.78 is 32.0. The number of esters is 1. The minimum absolute atomic E-state index is 0.0651. The van der Waals surface area contributed by atoms with E-state index < -0.39 is 34.0 Å². The SMILES string of the molecule is CC(OC(=O)[C@H](C)NS(=O)(=O)c1ccc(Cl)cc1)C(=O)Nc1ncnc2nc[nH]c12. The Morgan fingerprint density at radius 1 is 1.13 bits per heavy atom. The van der Waals surface area contributed by atoms with Crippen LogP contribution in [0.4, 0.5) is 5.82 Å². The number of halogens is 1. The Balaban J connectivity index is 1.61. The molecule has 0 bridgehead atoms. The molecule has 0 spiro atoms. The van der Waals surface area contributed by atoms with Crippen molar-refractivity contribution in [2.24, 2.45) is 0 Å². The number of carbonyl (C=O) groups excluding carboxylic acids is 2. The minimum atomic E-state index is -3.98. The number of anilines is 1. The number of hydrogen-bond donors (Lipinski definition) is 3. The smallest absolute Gasteiger partial charge is 0.324 e. The molecule has 0 saturated heterocycles. The molecule has 0 aliphatic carbocycles. The van der Waals surface area contributed by atoms with Gasteiger partial charge >= 0.3 is 5.97 Å². The minimum Gasteiger partial charge on any atom is -0.451 e. The second kappa shape index (κ2) is 8.73. The average Bonchev–Trinajstić information content (AvgIpc) is 3.17. The number of aromatic amines is 1. The fraction of sp³-hybridized carbons (Fsp3) is 0.235. The van der Waals surface area contributed by atoms with E-state index in [0.29, 0.717) is 16.2 Å². The molecule has 1 aromatic carbocycles. The van der Waals surface area contributed by atoms with Crippen LogP contribution < -0.4 is 10.0 Å². The van der Waals surface area contributed by atoms with Gasteiger partial charge in [0.05, 0.1) is 11.2 Å². The predicted octanol–water partition coefficient (Wildman–Crippen LogP) is 1.24. The molecule has 30 heavy (non-hydrogen) atoms. The molecular formula is C17H17ClN6O5S. The molecule has 0 radical (unpaired) electrons. The third kappa shape index (κ3) is 4.90. The highest BCUT2D eigenvalue weighted by Gasteiger charge is 2.27. The molecule has 11 nitrogen and oxygen atoms in total.